The van der Waals surface area contributed by atoms with Crippen molar-refractivity contribution in [2.75, 3.05) is 18.4 Å². The highest BCUT2D eigenvalue weighted by Crippen LogP contribution is 2.24. The molecule has 0 bridgehead atoms. The van der Waals surface area contributed by atoms with Gasteiger partial charge < -0.3 is 15.4 Å². The topological polar surface area (TPSA) is 94.0 Å². The highest BCUT2D eigenvalue weighted by Gasteiger charge is 2.12. The van der Waals surface area contributed by atoms with Crippen LogP contribution in [0.15, 0.2) is 73.3 Å². The Hall–Kier alpha value is -4.20. The number of benzene rings is 2. The van der Waals surface area contributed by atoms with Gasteiger partial charge in [0.1, 0.15) is 35.8 Å². The van der Waals surface area contributed by atoms with Gasteiger partial charge in [0.2, 0.25) is 0 Å². The first-order chi connectivity index (χ1) is 15.6. The van der Waals surface area contributed by atoms with Gasteiger partial charge in [-0.3, -0.25) is 9.36 Å². The Labute approximate surface area is 186 Å². The third-order valence-electron chi connectivity index (χ3n) is 4.97. The van der Waals surface area contributed by atoms with Crippen molar-refractivity contribution < 1.29 is 9.53 Å². The molecule has 0 saturated heterocycles. The number of para-hydroxylation sites is 2. The minimum Gasteiger partial charge on any atom is -0.457 e. The average molecular weight is 428 g/mol. The summed E-state index contributed by atoms with van der Waals surface area (Å²) in [5.74, 6) is 2.39. The highest BCUT2D eigenvalue weighted by molar-refractivity contribution is 5.97. The highest BCUT2D eigenvalue weighted by atomic mass is 16.5. The van der Waals surface area contributed by atoms with E-state index in [0.717, 1.165) is 17.2 Å². The monoisotopic (exact) mass is 428 g/mol. The summed E-state index contributed by atoms with van der Waals surface area (Å²) in [5.41, 5.74) is 2.46. The summed E-state index contributed by atoms with van der Waals surface area (Å²) in [6.07, 6.45) is 3.24. The molecule has 0 aliphatic carbocycles. The number of carbonyl (C=O) groups is 1. The summed E-state index contributed by atoms with van der Waals surface area (Å²) in [7, 11) is 0. The van der Waals surface area contributed by atoms with Gasteiger partial charge in [-0.1, -0.05) is 30.3 Å². The Morgan fingerprint density at radius 1 is 0.969 bits per heavy atom. The molecule has 0 fully saturated rings. The fourth-order valence-corrected chi connectivity index (χ4v) is 3.13. The number of nitrogens with one attached hydrogen (secondary N) is 2. The molecule has 0 aliphatic rings. The van der Waals surface area contributed by atoms with Crippen LogP contribution >= 0.6 is 0 Å². The summed E-state index contributed by atoms with van der Waals surface area (Å²) >= 11 is 0. The van der Waals surface area contributed by atoms with Crippen LogP contribution in [0.1, 0.15) is 21.7 Å². The third kappa shape index (κ3) is 4.92. The summed E-state index contributed by atoms with van der Waals surface area (Å²) in [6.45, 7) is 4.87. The normalized spacial score (nSPS) is 10.6. The molecule has 2 heterocycles. The molecule has 2 aromatic heterocycles. The number of rotatable bonds is 8. The van der Waals surface area contributed by atoms with Gasteiger partial charge in [0.05, 0.1) is 11.3 Å². The Morgan fingerprint density at radius 2 is 1.75 bits per heavy atom. The number of ether oxygens (including phenoxy) is 1. The predicted octanol–water partition coefficient (Wildman–Crippen LogP) is 3.91. The molecule has 0 atom stereocenters. The summed E-state index contributed by atoms with van der Waals surface area (Å²) in [5, 5.41) is 6.13. The van der Waals surface area contributed by atoms with Crippen molar-refractivity contribution in [1.29, 1.82) is 0 Å². The molecule has 2 N–H and O–H groups in total. The van der Waals surface area contributed by atoms with Gasteiger partial charge in [0.15, 0.2) is 0 Å². The fourth-order valence-electron chi connectivity index (χ4n) is 3.13. The van der Waals surface area contributed by atoms with Crippen LogP contribution in [0, 0.1) is 13.8 Å². The summed E-state index contributed by atoms with van der Waals surface area (Å²) < 4.78 is 7.78. The van der Waals surface area contributed by atoms with Crippen molar-refractivity contribution in [3.63, 3.8) is 0 Å². The quantitative estimate of drug-likeness (QED) is 0.413. The third-order valence-corrected chi connectivity index (χ3v) is 4.97. The lowest BCUT2D eigenvalue weighted by Gasteiger charge is -2.12. The van der Waals surface area contributed by atoms with E-state index in [4.69, 9.17) is 4.74 Å². The molecule has 0 saturated carbocycles. The number of amides is 1. The zero-order valence-corrected chi connectivity index (χ0v) is 17.9. The van der Waals surface area contributed by atoms with E-state index in [9.17, 15) is 4.79 Å². The molecule has 2 aromatic carbocycles. The van der Waals surface area contributed by atoms with Crippen LogP contribution in [0.5, 0.6) is 11.5 Å². The largest absolute Gasteiger partial charge is 0.457 e. The van der Waals surface area contributed by atoms with Crippen molar-refractivity contribution in [3.8, 4) is 17.3 Å². The molecule has 32 heavy (non-hydrogen) atoms. The Balaban J connectivity index is 1.33. The number of anilines is 1. The number of aromatic nitrogens is 4. The smallest absolute Gasteiger partial charge is 0.255 e. The van der Waals surface area contributed by atoms with Gasteiger partial charge in [-0.05, 0) is 38.1 Å². The molecular weight excluding hydrogens is 404 g/mol. The Kier molecular flexibility index (Phi) is 6.41. The number of hydrogen-bond donors (Lipinski definition) is 2. The molecule has 8 nitrogen and oxygen atoms in total. The number of nitrogens with zero attached hydrogens (tertiary/aromatic N) is 4. The number of hydrogen-bond acceptors (Lipinski definition) is 6. The van der Waals surface area contributed by atoms with Crippen LogP contribution in [0.2, 0.25) is 0 Å². The van der Waals surface area contributed by atoms with Crippen LogP contribution in [-0.2, 0) is 0 Å². The van der Waals surface area contributed by atoms with E-state index < -0.39 is 0 Å². The van der Waals surface area contributed by atoms with Crippen LogP contribution in [-0.4, -0.2) is 38.5 Å². The number of carbonyl (C=O) groups excluding carboxylic acids is 1. The SMILES string of the molecule is Cc1ncn(-c2cc(NCCNC(=O)c3ccccc3Oc3ccccc3)ncn2)c1C. The lowest BCUT2D eigenvalue weighted by molar-refractivity contribution is 0.0953. The van der Waals surface area contributed by atoms with Crippen molar-refractivity contribution in [1.82, 2.24) is 24.8 Å². The lowest BCUT2D eigenvalue weighted by atomic mass is 10.2. The maximum atomic E-state index is 12.7. The summed E-state index contributed by atoms with van der Waals surface area (Å²) in [6, 6.07) is 18.4. The molecule has 4 aromatic rings. The van der Waals surface area contributed by atoms with Crippen molar-refractivity contribution >= 4 is 11.7 Å². The second kappa shape index (κ2) is 9.74. The molecule has 162 valence electrons. The predicted molar refractivity (Wildman–Crippen MR) is 122 cm³/mol. The molecule has 8 heteroatoms. The molecule has 0 unspecified atom stereocenters. The van der Waals surface area contributed by atoms with Crippen molar-refractivity contribution in [2.45, 2.75) is 13.8 Å². The second-order valence-electron chi connectivity index (χ2n) is 7.14. The van der Waals surface area contributed by atoms with E-state index in [0.29, 0.717) is 36.0 Å². The number of aryl methyl sites for hydroxylation is 1. The first-order valence-electron chi connectivity index (χ1n) is 10.3. The standard InChI is InChI=1S/C24H24N6O2/c1-17-18(2)30(16-29-17)23-14-22(27-15-28-23)25-12-13-26-24(31)20-10-6-7-11-21(20)32-19-8-4-3-5-9-19/h3-11,14-16H,12-13H2,1-2H3,(H,26,31)(H,25,27,28). The molecule has 4 rings (SSSR count). The van der Waals surface area contributed by atoms with Crippen molar-refractivity contribution in [2.24, 2.45) is 0 Å². The molecule has 1 amide bonds. The van der Waals surface area contributed by atoms with E-state index in [1.807, 2.05) is 66.9 Å². The number of imidazole rings is 1. The maximum absolute atomic E-state index is 12.7. The van der Waals surface area contributed by atoms with Gasteiger partial charge in [-0.15, -0.1) is 0 Å². The van der Waals surface area contributed by atoms with Gasteiger partial charge in [-0.25, -0.2) is 15.0 Å². The van der Waals surface area contributed by atoms with Crippen LogP contribution < -0.4 is 15.4 Å². The minimum absolute atomic E-state index is 0.203. The molecule has 0 radical (unpaired) electrons. The first kappa shape index (κ1) is 21.0. The molecule has 0 aliphatic heterocycles. The average Bonchev–Trinajstić information content (AvgIpc) is 3.16. The van der Waals surface area contributed by atoms with Gasteiger partial charge in [-0.2, -0.15) is 0 Å². The maximum Gasteiger partial charge on any atom is 0.255 e. The van der Waals surface area contributed by atoms with E-state index in [-0.39, 0.29) is 5.91 Å². The lowest BCUT2D eigenvalue weighted by Crippen LogP contribution is -2.29. The zero-order valence-electron chi connectivity index (χ0n) is 17.9. The minimum atomic E-state index is -0.203. The van der Waals surface area contributed by atoms with Crippen molar-refractivity contribution in [3.05, 3.63) is 90.3 Å². The van der Waals surface area contributed by atoms with E-state index in [1.165, 1.54) is 6.33 Å². The van der Waals surface area contributed by atoms with Crippen LogP contribution in [0.25, 0.3) is 5.82 Å². The molecular formula is C24H24N6O2. The second-order valence-corrected chi connectivity index (χ2v) is 7.14. The van der Waals surface area contributed by atoms with Crippen LogP contribution in [0.3, 0.4) is 0 Å². The van der Waals surface area contributed by atoms with Gasteiger partial charge in [0, 0.05) is 24.8 Å². The van der Waals surface area contributed by atoms with Crippen LogP contribution in [0.4, 0.5) is 5.82 Å². The van der Waals surface area contributed by atoms with E-state index in [2.05, 4.69) is 25.6 Å². The Bertz CT molecular complexity index is 1210. The van der Waals surface area contributed by atoms with E-state index >= 15 is 0 Å². The van der Waals surface area contributed by atoms with Gasteiger partial charge in [0.25, 0.3) is 5.91 Å². The zero-order chi connectivity index (χ0) is 22.3. The van der Waals surface area contributed by atoms with Gasteiger partial charge >= 0.3 is 0 Å². The Morgan fingerprint density at radius 3 is 2.53 bits per heavy atom. The first-order valence-corrected chi connectivity index (χ1v) is 10.3. The van der Waals surface area contributed by atoms with E-state index in [1.54, 1.807) is 18.5 Å². The molecule has 0 spiro atoms. The summed E-state index contributed by atoms with van der Waals surface area (Å²) in [4.78, 5) is 25.6. The fraction of sp³-hybridized carbons (Fsp3) is 0.167.